The second-order valence-corrected chi connectivity index (χ2v) is 5.96. The number of hydrogen-bond acceptors (Lipinski definition) is 12. The monoisotopic (exact) mass is 428 g/mol. The highest BCUT2D eigenvalue weighted by atomic mass is 16.7. The van der Waals surface area contributed by atoms with Crippen molar-refractivity contribution >= 4 is 11.9 Å². The predicted octanol–water partition coefficient (Wildman–Crippen LogP) is -2.21. The van der Waals surface area contributed by atoms with Gasteiger partial charge in [-0.25, -0.2) is 0 Å². The molecule has 4 N–H and O–H groups in total. The Hall–Kier alpha value is -1.38. The van der Waals surface area contributed by atoms with E-state index >= 15 is 0 Å². The van der Waals surface area contributed by atoms with Crippen LogP contribution in [-0.4, -0.2) is 112 Å². The molecule has 172 valence electrons. The number of rotatable bonds is 20. The van der Waals surface area contributed by atoms with Crippen LogP contribution in [0.1, 0.15) is 12.8 Å². The van der Waals surface area contributed by atoms with Crippen LogP contribution in [0.15, 0.2) is 0 Å². The zero-order valence-corrected chi connectivity index (χ0v) is 16.5. The van der Waals surface area contributed by atoms with E-state index in [1.807, 2.05) is 0 Å². The number of ether oxygens (including phenoxy) is 6. The fraction of sp³-hybridized carbons (Fsp3) is 0.882. The first-order valence-corrected chi connectivity index (χ1v) is 9.09. The fourth-order valence-corrected chi connectivity index (χ4v) is 1.93. The molecule has 0 aliphatic rings. The first-order chi connectivity index (χ1) is 14.0. The number of aliphatic hydroxyl groups excluding tert-OH is 4. The second-order valence-electron chi connectivity index (χ2n) is 5.96. The number of aliphatic hydroxyl groups is 4. The highest BCUT2D eigenvalue weighted by Gasteiger charge is 2.35. The van der Waals surface area contributed by atoms with Crippen LogP contribution < -0.4 is 0 Å². The van der Waals surface area contributed by atoms with Crippen molar-refractivity contribution in [3.05, 3.63) is 0 Å². The Morgan fingerprint density at radius 3 is 1.34 bits per heavy atom. The molecule has 12 nitrogen and oxygen atoms in total. The minimum absolute atomic E-state index is 0.0650. The molecule has 0 aliphatic carbocycles. The Morgan fingerprint density at radius 1 is 0.586 bits per heavy atom. The average molecular weight is 428 g/mol. The van der Waals surface area contributed by atoms with E-state index in [0.717, 1.165) is 0 Å². The van der Waals surface area contributed by atoms with Crippen molar-refractivity contribution in [3.8, 4) is 0 Å². The molecule has 0 saturated heterocycles. The van der Waals surface area contributed by atoms with Gasteiger partial charge >= 0.3 is 11.9 Å². The molecule has 0 heterocycles. The van der Waals surface area contributed by atoms with Gasteiger partial charge in [-0.2, -0.15) is 0 Å². The van der Waals surface area contributed by atoms with E-state index in [1.165, 1.54) is 0 Å². The Balaban J connectivity index is 5.00. The van der Waals surface area contributed by atoms with Gasteiger partial charge in [-0.05, 0) is 0 Å². The van der Waals surface area contributed by atoms with E-state index in [2.05, 4.69) is 0 Å². The Labute approximate surface area is 169 Å². The van der Waals surface area contributed by atoms with Crippen molar-refractivity contribution in [2.24, 2.45) is 5.41 Å². The summed E-state index contributed by atoms with van der Waals surface area (Å²) in [5, 5.41) is 35.1. The fourth-order valence-electron chi connectivity index (χ4n) is 1.93. The summed E-state index contributed by atoms with van der Waals surface area (Å²) < 4.78 is 31.1. The molecule has 0 fully saturated rings. The van der Waals surface area contributed by atoms with Crippen LogP contribution in [0, 0.1) is 5.41 Å². The first kappa shape index (κ1) is 27.6. The van der Waals surface area contributed by atoms with Crippen molar-refractivity contribution < 1.29 is 58.4 Å². The van der Waals surface area contributed by atoms with Gasteiger partial charge in [0.2, 0.25) is 0 Å². The van der Waals surface area contributed by atoms with Gasteiger partial charge in [0.15, 0.2) is 0 Å². The van der Waals surface area contributed by atoms with Crippen molar-refractivity contribution in [2.45, 2.75) is 12.8 Å². The topological polar surface area (TPSA) is 170 Å². The molecule has 0 bridgehead atoms. The zero-order chi connectivity index (χ0) is 21.8. The Kier molecular flexibility index (Phi) is 17.7. The van der Waals surface area contributed by atoms with Crippen LogP contribution >= 0.6 is 0 Å². The molecule has 0 aromatic rings. The third-order valence-electron chi connectivity index (χ3n) is 3.33. The lowest BCUT2D eigenvalue weighted by atomic mass is 9.92. The van der Waals surface area contributed by atoms with Crippen LogP contribution in [0.5, 0.6) is 0 Å². The molecule has 0 amide bonds. The van der Waals surface area contributed by atoms with Gasteiger partial charge in [0.25, 0.3) is 0 Å². The second kappa shape index (κ2) is 18.6. The standard InChI is InChI=1S/C17H32O12/c18-3-1-15(22)28-11-17(9-26-13-24-7-5-20,10-27-14-25-8-6-21)12-29-16(23)2-4-19/h18-21H,1-14H2. The quantitative estimate of drug-likeness (QED) is 0.0938. The van der Waals surface area contributed by atoms with Gasteiger partial charge in [0.05, 0.1) is 71.1 Å². The number of carbonyl (C=O) groups is 2. The average Bonchev–Trinajstić information content (AvgIpc) is 2.70. The number of esters is 2. The molecule has 0 unspecified atom stereocenters. The van der Waals surface area contributed by atoms with E-state index in [-0.39, 0.29) is 92.5 Å². The predicted molar refractivity (Wildman–Crippen MR) is 95.5 cm³/mol. The van der Waals surface area contributed by atoms with Crippen molar-refractivity contribution in [2.75, 3.05) is 79.7 Å². The summed E-state index contributed by atoms with van der Waals surface area (Å²) in [5.41, 5.74) is -1.12. The van der Waals surface area contributed by atoms with Gasteiger partial charge in [-0.3, -0.25) is 9.59 Å². The summed E-state index contributed by atoms with van der Waals surface area (Å²) in [7, 11) is 0. The number of carbonyl (C=O) groups excluding carboxylic acids is 2. The third kappa shape index (κ3) is 15.2. The lowest BCUT2D eigenvalue weighted by Gasteiger charge is -2.32. The third-order valence-corrected chi connectivity index (χ3v) is 3.33. The molecule has 29 heavy (non-hydrogen) atoms. The largest absolute Gasteiger partial charge is 0.465 e. The van der Waals surface area contributed by atoms with Gasteiger partial charge < -0.3 is 48.8 Å². The molecule has 0 aromatic heterocycles. The molecule has 0 aliphatic heterocycles. The van der Waals surface area contributed by atoms with Gasteiger partial charge in [0, 0.05) is 0 Å². The maximum absolute atomic E-state index is 11.7. The van der Waals surface area contributed by atoms with E-state index < -0.39 is 17.4 Å². The molecule has 0 radical (unpaired) electrons. The van der Waals surface area contributed by atoms with Crippen LogP contribution in [0.25, 0.3) is 0 Å². The van der Waals surface area contributed by atoms with E-state index in [9.17, 15) is 9.59 Å². The summed E-state index contributed by atoms with van der Waals surface area (Å²) in [6, 6.07) is 0. The molecule has 0 rings (SSSR count). The minimum Gasteiger partial charge on any atom is -0.465 e. The lowest BCUT2D eigenvalue weighted by molar-refractivity contribution is -0.176. The maximum atomic E-state index is 11.7. The number of hydrogen-bond donors (Lipinski definition) is 4. The smallest absolute Gasteiger partial charge is 0.308 e. The summed E-state index contributed by atoms with van der Waals surface area (Å²) >= 11 is 0. The van der Waals surface area contributed by atoms with Gasteiger partial charge in [-0.1, -0.05) is 0 Å². The van der Waals surface area contributed by atoms with Crippen LogP contribution in [0.4, 0.5) is 0 Å². The Bertz CT molecular complexity index is 379. The zero-order valence-electron chi connectivity index (χ0n) is 16.5. The van der Waals surface area contributed by atoms with E-state index in [1.54, 1.807) is 0 Å². The molecule has 12 heteroatoms. The summed E-state index contributed by atoms with van der Waals surface area (Å²) in [4.78, 5) is 23.3. The highest BCUT2D eigenvalue weighted by molar-refractivity contribution is 5.70. The van der Waals surface area contributed by atoms with Crippen molar-refractivity contribution in [1.82, 2.24) is 0 Å². The van der Waals surface area contributed by atoms with Crippen molar-refractivity contribution in [1.29, 1.82) is 0 Å². The molecular weight excluding hydrogens is 396 g/mol. The normalized spacial score (nSPS) is 11.4. The maximum Gasteiger partial charge on any atom is 0.308 e. The van der Waals surface area contributed by atoms with Crippen molar-refractivity contribution in [3.63, 3.8) is 0 Å². The van der Waals surface area contributed by atoms with E-state index in [0.29, 0.717) is 0 Å². The highest BCUT2D eigenvalue weighted by Crippen LogP contribution is 2.21. The van der Waals surface area contributed by atoms with Crippen LogP contribution in [-0.2, 0) is 38.0 Å². The first-order valence-electron chi connectivity index (χ1n) is 9.09. The molecule has 0 saturated carbocycles. The lowest BCUT2D eigenvalue weighted by Crippen LogP contribution is -2.43. The summed E-state index contributed by atoms with van der Waals surface area (Å²) in [6.45, 7) is -2.04. The van der Waals surface area contributed by atoms with E-state index in [4.69, 9.17) is 48.8 Å². The molecular formula is C17H32O12. The molecule has 0 aromatic carbocycles. The SMILES string of the molecule is O=C(CCO)OCC(COCOCCO)(COCOCCO)COC(=O)CCO. The molecule has 0 spiro atoms. The van der Waals surface area contributed by atoms with Gasteiger partial charge in [-0.15, -0.1) is 0 Å². The molecule has 0 atom stereocenters. The van der Waals surface area contributed by atoms with Gasteiger partial charge in [0.1, 0.15) is 26.8 Å². The summed E-state index contributed by atoms with van der Waals surface area (Å²) in [5.74, 6) is -1.32. The summed E-state index contributed by atoms with van der Waals surface area (Å²) in [6.07, 6.45) is -0.414. The van der Waals surface area contributed by atoms with Crippen LogP contribution in [0.3, 0.4) is 0 Å². The van der Waals surface area contributed by atoms with Crippen LogP contribution in [0.2, 0.25) is 0 Å². The Morgan fingerprint density at radius 2 is 1.00 bits per heavy atom. The minimum atomic E-state index is -1.12.